The molecule has 1 aromatic carbocycles. The molecule has 0 unspecified atom stereocenters. The summed E-state index contributed by atoms with van der Waals surface area (Å²) in [6, 6.07) is 4.69. The van der Waals surface area contributed by atoms with Crippen molar-refractivity contribution in [2.45, 2.75) is 12.7 Å². The van der Waals surface area contributed by atoms with Crippen LogP contribution in [-0.2, 0) is 19.8 Å². The molecule has 0 fully saturated rings. The van der Waals surface area contributed by atoms with Crippen LogP contribution in [0.2, 0.25) is 0 Å². The van der Waals surface area contributed by atoms with Crippen LogP contribution in [0.15, 0.2) is 28.9 Å². The van der Waals surface area contributed by atoms with Gasteiger partial charge in [0.25, 0.3) is 0 Å². The van der Waals surface area contributed by atoms with Gasteiger partial charge in [0.05, 0.1) is 5.56 Å². The molecule has 160 valence electrons. The van der Waals surface area contributed by atoms with Gasteiger partial charge in [-0.05, 0) is 54.8 Å². The summed E-state index contributed by atoms with van der Waals surface area (Å²) in [5.74, 6) is 0.270. The predicted octanol–water partition coefficient (Wildman–Crippen LogP) is 3.84. The number of nitrogens with one attached hydrogen (secondary N) is 2. The second-order valence-corrected chi connectivity index (χ2v) is 7.78. The van der Waals surface area contributed by atoms with E-state index in [4.69, 9.17) is 0 Å². The number of carbonyl (C=O) groups is 1. The molecule has 0 aliphatic rings. The lowest BCUT2D eigenvalue weighted by atomic mass is 10.1. The molecule has 0 radical (unpaired) electrons. The summed E-state index contributed by atoms with van der Waals surface area (Å²) in [6.07, 6.45) is -4.53. The number of hydrogen-bond donors (Lipinski definition) is 2. The topological polar surface area (TPSA) is 65.4 Å². The maximum Gasteiger partial charge on any atom is 0.416 e. The van der Waals surface area contributed by atoms with E-state index in [2.05, 4.69) is 31.7 Å². The number of carbonyl (C=O) groups excluding carboxylic acids is 1. The Morgan fingerprint density at radius 2 is 1.86 bits per heavy atom. The molecule has 0 saturated carbocycles. The predicted molar refractivity (Wildman–Crippen MR) is 110 cm³/mol. The average Bonchev–Trinajstić information content (AvgIpc) is 2.90. The molecular weight excluding hydrogens is 453 g/mol. The monoisotopic (exact) mass is 476 g/mol. The van der Waals surface area contributed by atoms with E-state index in [1.807, 2.05) is 23.9 Å². The number of hydrogen-bond acceptors (Lipinski definition) is 4. The Labute approximate surface area is 176 Å². The van der Waals surface area contributed by atoms with E-state index >= 15 is 0 Å². The van der Waals surface area contributed by atoms with Crippen LogP contribution in [0.5, 0.6) is 0 Å². The van der Waals surface area contributed by atoms with E-state index in [9.17, 15) is 18.0 Å². The lowest BCUT2D eigenvalue weighted by Gasteiger charge is -2.22. The van der Waals surface area contributed by atoms with Gasteiger partial charge in [-0.15, -0.1) is 0 Å². The first-order valence-corrected chi connectivity index (χ1v) is 9.56. The van der Waals surface area contributed by atoms with E-state index in [0.717, 1.165) is 12.6 Å². The SMILES string of the molecule is CN(C)CCN(C)Cc1ccc(NC(=O)Nc2cc(Br)n(C)n2)cc1C(F)(F)F. The summed E-state index contributed by atoms with van der Waals surface area (Å²) in [5, 5.41) is 8.93. The van der Waals surface area contributed by atoms with Gasteiger partial charge in [0, 0.05) is 38.4 Å². The first kappa shape index (κ1) is 23.2. The highest BCUT2D eigenvalue weighted by molar-refractivity contribution is 9.10. The number of nitrogens with zero attached hydrogens (tertiary/aromatic N) is 4. The van der Waals surface area contributed by atoms with Gasteiger partial charge in [-0.3, -0.25) is 10.00 Å². The quantitative estimate of drug-likeness (QED) is 0.637. The number of urea groups is 1. The molecule has 0 saturated heterocycles. The highest BCUT2D eigenvalue weighted by Gasteiger charge is 2.34. The molecule has 2 rings (SSSR count). The Balaban J connectivity index is 2.12. The standard InChI is InChI=1S/C18H24BrF3N6O/c1-26(2)7-8-27(3)11-12-5-6-13(9-14(12)18(20,21)22)23-17(29)24-16-10-15(19)28(4)25-16/h5-6,9-10H,7-8,11H2,1-4H3,(H2,23,24,25,29). The maximum absolute atomic E-state index is 13.6. The summed E-state index contributed by atoms with van der Waals surface area (Å²) in [7, 11) is 7.26. The number of aryl methyl sites for hydroxylation is 1. The minimum absolute atomic E-state index is 0.0458. The minimum Gasteiger partial charge on any atom is -0.308 e. The van der Waals surface area contributed by atoms with Crippen molar-refractivity contribution in [2.75, 3.05) is 44.9 Å². The van der Waals surface area contributed by atoms with Crippen molar-refractivity contribution in [1.29, 1.82) is 0 Å². The van der Waals surface area contributed by atoms with Gasteiger partial charge in [0.1, 0.15) is 4.60 Å². The Morgan fingerprint density at radius 1 is 1.17 bits per heavy atom. The lowest BCUT2D eigenvalue weighted by Crippen LogP contribution is -2.29. The second-order valence-electron chi connectivity index (χ2n) is 6.97. The van der Waals surface area contributed by atoms with Crippen LogP contribution in [0, 0.1) is 0 Å². The highest BCUT2D eigenvalue weighted by atomic mass is 79.9. The Hall–Kier alpha value is -2.11. The molecule has 0 bridgehead atoms. The number of anilines is 2. The minimum atomic E-state index is -4.53. The summed E-state index contributed by atoms with van der Waals surface area (Å²) >= 11 is 3.25. The molecule has 7 nitrogen and oxygen atoms in total. The summed E-state index contributed by atoms with van der Waals surface area (Å²) < 4.78 is 42.8. The molecule has 2 aromatic rings. The molecule has 0 spiro atoms. The van der Waals surface area contributed by atoms with Crippen LogP contribution in [0.25, 0.3) is 0 Å². The van der Waals surface area contributed by atoms with E-state index < -0.39 is 17.8 Å². The molecule has 0 atom stereocenters. The maximum atomic E-state index is 13.6. The van der Waals surface area contributed by atoms with Gasteiger partial charge < -0.3 is 15.1 Å². The fourth-order valence-electron chi connectivity index (χ4n) is 2.58. The number of aromatic nitrogens is 2. The fraction of sp³-hybridized carbons (Fsp3) is 0.444. The van der Waals surface area contributed by atoms with Gasteiger partial charge in [-0.1, -0.05) is 6.07 Å². The van der Waals surface area contributed by atoms with E-state index in [0.29, 0.717) is 11.1 Å². The lowest BCUT2D eigenvalue weighted by molar-refractivity contribution is -0.138. The number of benzene rings is 1. The van der Waals surface area contributed by atoms with Gasteiger partial charge in [-0.25, -0.2) is 4.79 Å². The Bertz CT molecular complexity index is 833. The fourth-order valence-corrected chi connectivity index (χ4v) is 2.88. The third-order valence-corrected chi connectivity index (χ3v) is 4.85. The molecule has 29 heavy (non-hydrogen) atoms. The summed E-state index contributed by atoms with van der Waals surface area (Å²) in [4.78, 5) is 15.9. The molecule has 0 aliphatic carbocycles. The van der Waals surface area contributed by atoms with Gasteiger partial charge in [-0.2, -0.15) is 18.3 Å². The van der Waals surface area contributed by atoms with Crippen molar-refractivity contribution in [3.05, 3.63) is 40.0 Å². The van der Waals surface area contributed by atoms with Crippen molar-refractivity contribution < 1.29 is 18.0 Å². The van der Waals surface area contributed by atoms with Gasteiger partial charge in [0.15, 0.2) is 5.82 Å². The Kier molecular flexibility index (Phi) is 7.66. The summed E-state index contributed by atoms with van der Waals surface area (Å²) in [5.41, 5.74) is -0.574. The zero-order chi connectivity index (χ0) is 21.8. The van der Waals surface area contributed by atoms with Gasteiger partial charge in [0.2, 0.25) is 0 Å². The number of halogens is 4. The smallest absolute Gasteiger partial charge is 0.308 e. The summed E-state index contributed by atoms with van der Waals surface area (Å²) in [6.45, 7) is 1.52. The van der Waals surface area contributed by atoms with Crippen LogP contribution >= 0.6 is 15.9 Å². The normalized spacial score (nSPS) is 11.9. The molecule has 0 aliphatic heterocycles. The molecule has 1 heterocycles. The van der Waals surface area contributed by atoms with E-state index in [1.165, 1.54) is 16.8 Å². The van der Waals surface area contributed by atoms with Crippen LogP contribution in [0.1, 0.15) is 11.1 Å². The zero-order valence-corrected chi connectivity index (χ0v) is 18.2. The van der Waals surface area contributed by atoms with Crippen molar-refractivity contribution >= 4 is 33.5 Å². The first-order valence-electron chi connectivity index (χ1n) is 8.76. The molecule has 2 N–H and O–H groups in total. The Morgan fingerprint density at radius 3 is 2.41 bits per heavy atom. The number of amides is 2. The van der Waals surface area contributed by atoms with Crippen LogP contribution in [-0.4, -0.2) is 59.8 Å². The van der Waals surface area contributed by atoms with Crippen LogP contribution < -0.4 is 10.6 Å². The van der Waals surface area contributed by atoms with Crippen LogP contribution in [0.3, 0.4) is 0 Å². The molecule has 11 heteroatoms. The average molecular weight is 477 g/mol. The zero-order valence-electron chi connectivity index (χ0n) is 16.6. The molecule has 2 amide bonds. The highest BCUT2D eigenvalue weighted by Crippen LogP contribution is 2.34. The van der Waals surface area contributed by atoms with Crippen molar-refractivity contribution in [1.82, 2.24) is 19.6 Å². The second kappa shape index (κ2) is 9.59. The van der Waals surface area contributed by atoms with Crippen LogP contribution in [0.4, 0.5) is 29.5 Å². The number of rotatable bonds is 7. The van der Waals surface area contributed by atoms with Crippen molar-refractivity contribution in [3.8, 4) is 0 Å². The van der Waals surface area contributed by atoms with Crippen molar-refractivity contribution in [2.24, 2.45) is 7.05 Å². The number of likely N-dealkylation sites (N-methyl/N-ethyl adjacent to an activating group) is 2. The third kappa shape index (κ3) is 7.02. The van der Waals surface area contributed by atoms with Crippen molar-refractivity contribution in [3.63, 3.8) is 0 Å². The van der Waals surface area contributed by atoms with E-state index in [-0.39, 0.29) is 23.6 Å². The molecule has 1 aromatic heterocycles. The first-order chi connectivity index (χ1) is 13.5. The third-order valence-electron chi connectivity index (χ3n) is 4.11. The van der Waals surface area contributed by atoms with E-state index in [1.54, 1.807) is 20.2 Å². The number of alkyl halides is 3. The largest absolute Gasteiger partial charge is 0.416 e. The van der Waals surface area contributed by atoms with Gasteiger partial charge >= 0.3 is 12.2 Å². The molecular formula is C18H24BrF3N6O.